The van der Waals surface area contributed by atoms with E-state index in [1.54, 1.807) is 6.92 Å². The molecule has 2 aromatic heterocycles. The molecule has 0 unspecified atom stereocenters. The maximum Gasteiger partial charge on any atom is 0.264 e. The number of hydrogen-bond donors (Lipinski definition) is 1. The Bertz CT molecular complexity index is 1350. The van der Waals surface area contributed by atoms with Crippen molar-refractivity contribution < 1.29 is 9.32 Å². The third-order valence-corrected chi connectivity index (χ3v) is 5.57. The number of nitrogens with zero attached hydrogens (tertiary/aromatic N) is 3. The van der Waals surface area contributed by atoms with Gasteiger partial charge in [0.1, 0.15) is 12.1 Å². The Kier molecular flexibility index (Phi) is 6.22. The highest BCUT2D eigenvalue weighted by molar-refractivity contribution is 5.76. The highest BCUT2D eigenvalue weighted by atomic mass is 16.5. The standard InChI is InChI=1S/C26H26N4O3/c1-16-5-9-20(10-6-16)14-27-22(31)15-30-19(4)13-18(3)23(26(30)32)25-28-24(29-33-25)21-11-7-17(2)8-12-21/h5-13H,14-15H2,1-4H3,(H,27,31). The van der Waals surface area contributed by atoms with Gasteiger partial charge in [0.25, 0.3) is 11.4 Å². The van der Waals surface area contributed by atoms with Crippen molar-refractivity contribution in [3.8, 4) is 22.8 Å². The zero-order valence-corrected chi connectivity index (χ0v) is 19.2. The van der Waals surface area contributed by atoms with Crippen molar-refractivity contribution in [2.75, 3.05) is 0 Å². The van der Waals surface area contributed by atoms with Gasteiger partial charge < -0.3 is 14.4 Å². The van der Waals surface area contributed by atoms with Crippen LogP contribution in [0.15, 0.2) is 63.9 Å². The molecule has 7 heteroatoms. The average Bonchev–Trinajstić information content (AvgIpc) is 3.26. The fraction of sp³-hybridized carbons (Fsp3) is 0.231. The van der Waals surface area contributed by atoms with E-state index < -0.39 is 0 Å². The Labute approximate surface area is 192 Å². The number of aryl methyl sites for hydroxylation is 4. The molecule has 0 fully saturated rings. The molecule has 0 aliphatic carbocycles. The third kappa shape index (κ3) is 4.92. The molecule has 2 aromatic carbocycles. The van der Waals surface area contributed by atoms with Gasteiger partial charge in [-0.05, 0) is 44.9 Å². The van der Waals surface area contributed by atoms with Crippen LogP contribution in [0.4, 0.5) is 0 Å². The molecule has 1 amide bonds. The van der Waals surface area contributed by atoms with E-state index in [2.05, 4.69) is 15.5 Å². The SMILES string of the molecule is Cc1ccc(CNC(=O)Cn2c(C)cc(C)c(-c3nc(-c4ccc(C)cc4)no3)c2=O)cc1. The fourth-order valence-corrected chi connectivity index (χ4v) is 3.63. The maximum atomic E-state index is 13.3. The first-order valence-electron chi connectivity index (χ1n) is 10.8. The Morgan fingerprint density at radius 2 is 1.61 bits per heavy atom. The van der Waals surface area contributed by atoms with Crippen molar-refractivity contribution in [1.82, 2.24) is 20.0 Å². The number of hydrogen-bond acceptors (Lipinski definition) is 5. The molecule has 7 nitrogen and oxygen atoms in total. The first kappa shape index (κ1) is 22.2. The highest BCUT2D eigenvalue weighted by Gasteiger charge is 2.20. The van der Waals surface area contributed by atoms with E-state index >= 15 is 0 Å². The monoisotopic (exact) mass is 442 g/mol. The second-order valence-electron chi connectivity index (χ2n) is 8.29. The Morgan fingerprint density at radius 3 is 2.27 bits per heavy atom. The van der Waals surface area contributed by atoms with Crippen molar-refractivity contribution in [3.05, 3.63) is 92.9 Å². The molecule has 33 heavy (non-hydrogen) atoms. The fourth-order valence-electron chi connectivity index (χ4n) is 3.63. The summed E-state index contributed by atoms with van der Waals surface area (Å²) in [6.07, 6.45) is 0. The molecule has 0 aliphatic rings. The number of amides is 1. The van der Waals surface area contributed by atoms with Gasteiger partial charge >= 0.3 is 0 Å². The van der Waals surface area contributed by atoms with Crippen LogP contribution in [0.3, 0.4) is 0 Å². The van der Waals surface area contributed by atoms with Crippen molar-refractivity contribution in [2.24, 2.45) is 0 Å². The van der Waals surface area contributed by atoms with Crippen LogP contribution in [0.1, 0.15) is 27.9 Å². The number of pyridine rings is 1. The number of carbonyl (C=O) groups is 1. The number of rotatable bonds is 6. The van der Waals surface area contributed by atoms with Crippen LogP contribution in [-0.4, -0.2) is 20.6 Å². The highest BCUT2D eigenvalue weighted by Crippen LogP contribution is 2.23. The Morgan fingerprint density at radius 1 is 0.970 bits per heavy atom. The lowest BCUT2D eigenvalue weighted by Gasteiger charge is -2.13. The van der Waals surface area contributed by atoms with Crippen molar-refractivity contribution in [3.63, 3.8) is 0 Å². The van der Waals surface area contributed by atoms with Gasteiger partial charge in [-0.2, -0.15) is 4.98 Å². The second kappa shape index (κ2) is 9.24. The summed E-state index contributed by atoms with van der Waals surface area (Å²) < 4.78 is 6.87. The van der Waals surface area contributed by atoms with E-state index in [1.165, 1.54) is 4.57 Å². The normalized spacial score (nSPS) is 10.9. The van der Waals surface area contributed by atoms with Gasteiger partial charge in [-0.3, -0.25) is 9.59 Å². The smallest absolute Gasteiger partial charge is 0.264 e. The van der Waals surface area contributed by atoms with Crippen LogP contribution in [0.5, 0.6) is 0 Å². The summed E-state index contributed by atoms with van der Waals surface area (Å²) in [5.41, 5.74) is 5.45. The summed E-state index contributed by atoms with van der Waals surface area (Å²) in [5.74, 6) is 0.301. The van der Waals surface area contributed by atoms with E-state index in [0.717, 1.165) is 22.3 Å². The zero-order valence-electron chi connectivity index (χ0n) is 19.2. The lowest BCUT2D eigenvalue weighted by Crippen LogP contribution is -2.34. The molecule has 0 spiro atoms. The third-order valence-electron chi connectivity index (χ3n) is 5.57. The van der Waals surface area contributed by atoms with Crippen molar-refractivity contribution >= 4 is 5.91 Å². The maximum absolute atomic E-state index is 13.3. The zero-order chi connectivity index (χ0) is 23.5. The first-order chi connectivity index (χ1) is 15.8. The topological polar surface area (TPSA) is 90.0 Å². The molecule has 0 bridgehead atoms. The van der Waals surface area contributed by atoms with Gasteiger partial charge in [0.2, 0.25) is 11.7 Å². The summed E-state index contributed by atoms with van der Waals surface area (Å²) in [7, 11) is 0. The Hall–Kier alpha value is -4.00. The molecule has 0 radical (unpaired) electrons. The first-order valence-corrected chi connectivity index (χ1v) is 10.8. The van der Waals surface area contributed by atoms with Crippen LogP contribution in [0, 0.1) is 27.7 Å². The second-order valence-corrected chi connectivity index (χ2v) is 8.29. The number of benzene rings is 2. The predicted molar refractivity (Wildman–Crippen MR) is 127 cm³/mol. The molecule has 0 saturated carbocycles. The lowest BCUT2D eigenvalue weighted by atomic mass is 10.1. The van der Waals surface area contributed by atoms with Crippen LogP contribution < -0.4 is 10.9 Å². The molecular formula is C26H26N4O3. The van der Waals surface area contributed by atoms with Crippen LogP contribution in [-0.2, 0) is 17.9 Å². The number of nitrogens with one attached hydrogen (secondary N) is 1. The number of aromatic nitrogens is 3. The van der Waals surface area contributed by atoms with Gasteiger partial charge in [-0.25, -0.2) is 0 Å². The minimum atomic E-state index is -0.336. The van der Waals surface area contributed by atoms with Crippen LogP contribution in [0.2, 0.25) is 0 Å². The summed E-state index contributed by atoms with van der Waals surface area (Å²) in [5, 5.41) is 6.92. The van der Waals surface area contributed by atoms with E-state index in [1.807, 2.05) is 75.4 Å². The van der Waals surface area contributed by atoms with E-state index in [9.17, 15) is 9.59 Å². The van der Waals surface area contributed by atoms with Crippen molar-refractivity contribution in [1.29, 1.82) is 0 Å². The van der Waals surface area contributed by atoms with Crippen molar-refractivity contribution in [2.45, 2.75) is 40.8 Å². The predicted octanol–water partition coefficient (Wildman–Crippen LogP) is 4.12. The van der Waals surface area contributed by atoms with Crippen LogP contribution in [0.25, 0.3) is 22.8 Å². The minimum absolute atomic E-state index is 0.0945. The molecule has 4 aromatic rings. The van der Waals surface area contributed by atoms with Gasteiger partial charge in [-0.15, -0.1) is 0 Å². The van der Waals surface area contributed by atoms with Gasteiger partial charge in [0.15, 0.2) is 0 Å². The van der Waals surface area contributed by atoms with Gasteiger partial charge in [-0.1, -0.05) is 64.8 Å². The summed E-state index contributed by atoms with van der Waals surface area (Å²) in [4.78, 5) is 30.3. The van der Waals surface area contributed by atoms with E-state index in [0.29, 0.717) is 29.2 Å². The molecule has 0 atom stereocenters. The lowest BCUT2D eigenvalue weighted by molar-refractivity contribution is -0.121. The summed E-state index contributed by atoms with van der Waals surface area (Å²) in [6, 6.07) is 17.5. The molecule has 1 N–H and O–H groups in total. The van der Waals surface area contributed by atoms with Gasteiger partial charge in [0.05, 0.1) is 0 Å². The molecule has 0 aliphatic heterocycles. The van der Waals surface area contributed by atoms with Gasteiger partial charge in [0, 0.05) is 17.8 Å². The van der Waals surface area contributed by atoms with Crippen LogP contribution >= 0.6 is 0 Å². The molecule has 4 rings (SSSR count). The molecule has 2 heterocycles. The summed E-state index contributed by atoms with van der Waals surface area (Å²) >= 11 is 0. The summed E-state index contributed by atoms with van der Waals surface area (Å²) in [6.45, 7) is 7.94. The molecule has 168 valence electrons. The number of carbonyl (C=O) groups excluding carboxylic acids is 1. The largest absolute Gasteiger partial charge is 0.350 e. The average molecular weight is 443 g/mol. The minimum Gasteiger partial charge on any atom is -0.350 e. The molecular weight excluding hydrogens is 416 g/mol. The molecule has 0 saturated heterocycles. The quantitative estimate of drug-likeness (QED) is 0.485. The van der Waals surface area contributed by atoms with E-state index in [4.69, 9.17) is 4.52 Å². The van der Waals surface area contributed by atoms with E-state index in [-0.39, 0.29) is 23.9 Å². The Balaban J connectivity index is 1.57.